The summed E-state index contributed by atoms with van der Waals surface area (Å²) < 4.78 is 0. The van der Waals surface area contributed by atoms with Crippen LogP contribution in [0, 0.1) is 88.9 Å². The summed E-state index contributed by atoms with van der Waals surface area (Å²) in [5, 5.41) is 0. The van der Waals surface area contributed by atoms with Crippen LogP contribution >= 0.6 is 0 Å². The maximum Gasteiger partial charge on any atom is 4.00 e. The Morgan fingerprint density at radius 3 is 0.320 bits per heavy atom. The van der Waals surface area contributed by atoms with Crippen molar-refractivity contribution in [1.29, 1.82) is 0 Å². The van der Waals surface area contributed by atoms with Gasteiger partial charge in [0.25, 0.3) is 0 Å². The number of hydrogen-bond acceptors (Lipinski definition) is 0. The van der Waals surface area contributed by atoms with E-state index in [9.17, 15) is 0 Å². The monoisotopic (exact) mass is 430 g/mol. The van der Waals surface area contributed by atoms with Crippen LogP contribution in [0.5, 0.6) is 0 Å². The summed E-state index contributed by atoms with van der Waals surface area (Å²) in [5.74, 6) is 9.35. The molecule has 0 spiro atoms. The van der Waals surface area contributed by atoms with Gasteiger partial charge in [0.05, 0.1) is 0 Å². The van der Waals surface area contributed by atoms with Gasteiger partial charge < -0.3 is 29.7 Å². The van der Waals surface area contributed by atoms with Gasteiger partial charge in [-0.25, -0.2) is 0 Å². The molecule has 25 heavy (non-hydrogen) atoms. The second kappa shape index (κ2) is 14.9. The maximum absolute atomic E-state index is 2.40. The van der Waals surface area contributed by atoms with Gasteiger partial charge in [-0.2, -0.15) is 0 Å². The van der Waals surface area contributed by atoms with Gasteiger partial charge in [0, 0.05) is 0 Å². The summed E-state index contributed by atoms with van der Waals surface area (Å²) in [6.45, 7) is 24.0. The Labute approximate surface area is 183 Å². The quantitative estimate of drug-likeness (QED) is 0.339. The van der Waals surface area contributed by atoms with E-state index in [2.05, 4.69) is 69.2 Å². The van der Waals surface area contributed by atoms with Crippen LogP contribution in [0.3, 0.4) is 0 Å². The molecule has 2 fully saturated rings. The summed E-state index contributed by atoms with van der Waals surface area (Å²) in [6.07, 6.45) is 0. The maximum atomic E-state index is 2.40. The minimum atomic E-state index is 0. The van der Waals surface area contributed by atoms with Gasteiger partial charge in [-0.05, 0) is 59.2 Å². The van der Waals surface area contributed by atoms with Gasteiger partial charge in [0.1, 0.15) is 0 Å². The molecule has 2 aliphatic carbocycles. The Balaban J connectivity index is -0.0000000889. The van der Waals surface area contributed by atoms with E-state index in [1.165, 1.54) is 0 Å². The van der Waals surface area contributed by atoms with E-state index in [4.69, 9.17) is 0 Å². The zero-order valence-corrected chi connectivity index (χ0v) is 22.7. The smallest absolute Gasteiger partial charge is 0.358 e. The molecule has 2 rings (SSSR count). The third kappa shape index (κ3) is 7.80. The van der Waals surface area contributed by atoms with Crippen LogP contribution in [0.1, 0.15) is 69.2 Å². The average Bonchev–Trinajstić information content (AvgIpc) is 2.71. The number of rotatable bonds is 0. The molecule has 0 aromatic rings. The Hall–Kier alpha value is 0.883. The van der Waals surface area contributed by atoms with Crippen molar-refractivity contribution in [2.75, 3.05) is 0 Å². The second-order valence-electron chi connectivity index (χ2n) is 8.59. The molecular formula is C24H52Zr. The van der Waals surface area contributed by atoms with Gasteiger partial charge in [-0.3, -0.25) is 0 Å². The topological polar surface area (TPSA) is 0 Å². The third-order valence-electron chi connectivity index (χ3n) is 8.29. The molecule has 2 aliphatic rings. The van der Waals surface area contributed by atoms with Crippen LogP contribution in [0.15, 0.2) is 0 Å². The van der Waals surface area contributed by atoms with Crippen molar-refractivity contribution >= 4 is 0 Å². The minimum absolute atomic E-state index is 0. The SMILES string of the molecule is CC1C(C)C(C)C(C)C1C.CC1C(C)C(C)C(C)C1C.[CH3-].[CH3-].[CH3-].[CH3-].[Zr+4]. The van der Waals surface area contributed by atoms with E-state index in [-0.39, 0.29) is 55.9 Å². The zero-order valence-electron chi connectivity index (χ0n) is 20.3. The molecule has 0 atom stereocenters. The van der Waals surface area contributed by atoms with Crippen LogP contribution in [0.2, 0.25) is 0 Å². The summed E-state index contributed by atoms with van der Waals surface area (Å²) in [6, 6.07) is 0. The second-order valence-corrected chi connectivity index (χ2v) is 8.59. The summed E-state index contributed by atoms with van der Waals surface area (Å²) in [7, 11) is 0. The van der Waals surface area contributed by atoms with Crippen LogP contribution in [0.4, 0.5) is 0 Å². The van der Waals surface area contributed by atoms with Gasteiger partial charge >= 0.3 is 26.2 Å². The molecule has 0 heterocycles. The molecule has 0 aliphatic heterocycles. The predicted octanol–water partition coefficient (Wildman–Crippen LogP) is 8.16. The molecule has 0 saturated heterocycles. The minimum Gasteiger partial charge on any atom is -0.358 e. The van der Waals surface area contributed by atoms with Crippen LogP contribution in [-0.2, 0) is 26.2 Å². The Kier molecular flexibility index (Phi) is 21.9. The molecule has 0 nitrogen and oxygen atoms in total. The normalized spacial score (nSPS) is 44.4. The molecular weight excluding hydrogens is 379 g/mol. The van der Waals surface area contributed by atoms with Gasteiger partial charge in [0.15, 0.2) is 0 Å². The fraction of sp³-hybridized carbons (Fsp3) is 0.833. The first kappa shape index (κ1) is 36.7. The predicted molar refractivity (Wildman–Crippen MR) is 117 cm³/mol. The number of hydrogen-bond donors (Lipinski definition) is 0. The third-order valence-corrected chi connectivity index (χ3v) is 8.29. The molecule has 0 radical (unpaired) electrons. The van der Waals surface area contributed by atoms with Gasteiger partial charge in [0.2, 0.25) is 0 Å². The van der Waals surface area contributed by atoms with Crippen molar-refractivity contribution in [3.8, 4) is 0 Å². The molecule has 1 heteroatoms. The molecule has 2 saturated carbocycles. The fourth-order valence-electron chi connectivity index (χ4n) is 4.79. The van der Waals surface area contributed by atoms with E-state index in [1.54, 1.807) is 0 Å². The Bertz CT molecular complexity index is 181. The largest absolute Gasteiger partial charge is 4.00 e. The summed E-state index contributed by atoms with van der Waals surface area (Å²) in [5.41, 5.74) is 0. The van der Waals surface area contributed by atoms with Gasteiger partial charge in [-0.15, -0.1) is 0 Å². The first-order chi connectivity index (χ1) is 9.11. The molecule has 0 aromatic carbocycles. The van der Waals surface area contributed by atoms with Crippen molar-refractivity contribution in [2.45, 2.75) is 69.2 Å². The van der Waals surface area contributed by atoms with E-state index >= 15 is 0 Å². The first-order valence-corrected chi connectivity index (χ1v) is 9.11. The van der Waals surface area contributed by atoms with Crippen molar-refractivity contribution in [2.24, 2.45) is 59.2 Å². The molecule has 0 unspecified atom stereocenters. The first-order valence-electron chi connectivity index (χ1n) is 9.11. The van der Waals surface area contributed by atoms with Crippen molar-refractivity contribution < 1.29 is 26.2 Å². The molecule has 0 aromatic heterocycles. The van der Waals surface area contributed by atoms with Crippen LogP contribution < -0.4 is 0 Å². The van der Waals surface area contributed by atoms with Crippen LogP contribution in [-0.4, -0.2) is 0 Å². The molecule has 0 bridgehead atoms. The fourth-order valence-corrected chi connectivity index (χ4v) is 4.79. The van der Waals surface area contributed by atoms with Crippen molar-refractivity contribution in [3.05, 3.63) is 29.7 Å². The van der Waals surface area contributed by atoms with E-state index < -0.39 is 0 Å². The van der Waals surface area contributed by atoms with Crippen molar-refractivity contribution in [3.63, 3.8) is 0 Å². The Morgan fingerprint density at radius 2 is 0.280 bits per heavy atom. The standard InChI is InChI=1S/2C10H20.4CH3.Zr/c2*1-6-7(2)9(4)10(5)8(6)3;;;;;/h2*6-10H,1-5H3;4*1H3;/q;;4*-1;+4. The molecule has 152 valence electrons. The van der Waals surface area contributed by atoms with E-state index in [1.807, 2.05) is 0 Å². The summed E-state index contributed by atoms with van der Waals surface area (Å²) in [4.78, 5) is 0. The van der Waals surface area contributed by atoms with Gasteiger partial charge in [-0.1, -0.05) is 69.2 Å². The van der Waals surface area contributed by atoms with Crippen LogP contribution in [0.25, 0.3) is 0 Å². The molecule has 0 N–H and O–H groups in total. The zero-order chi connectivity index (χ0) is 15.8. The van der Waals surface area contributed by atoms with E-state index in [0.29, 0.717) is 0 Å². The Morgan fingerprint density at radius 1 is 0.240 bits per heavy atom. The molecule has 0 amide bonds. The average molecular weight is 432 g/mol. The summed E-state index contributed by atoms with van der Waals surface area (Å²) >= 11 is 0. The van der Waals surface area contributed by atoms with E-state index in [0.717, 1.165) is 59.2 Å². The van der Waals surface area contributed by atoms with Crippen molar-refractivity contribution in [1.82, 2.24) is 0 Å².